The van der Waals surface area contributed by atoms with E-state index in [0.717, 1.165) is 24.9 Å². The van der Waals surface area contributed by atoms with Crippen molar-refractivity contribution >= 4 is 0 Å². The van der Waals surface area contributed by atoms with Gasteiger partial charge in [-0.25, -0.2) is 0 Å². The maximum Gasteiger partial charge on any atom is 0.0314 e. The van der Waals surface area contributed by atoms with Crippen molar-refractivity contribution in [2.45, 2.75) is 72.3 Å². The van der Waals surface area contributed by atoms with Crippen molar-refractivity contribution in [3.63, 3.8) is 0 Å². The minimum absolute atomic E-state index is 0.161. The molecule has 19 heavy (non-hydrogen) atoms. The van der Waals surface area contributed by atoms with E-state index in [4.69, 9.17) is 5.73 Å². The Balaban J connectivity index is 2.02. The molecular formula is C17H34N2. The molecule has 0 aliphatic heterocycles. The van der Waals surface area contributed by atoms with E-state index in [1.54, 1.807) is 0 Å². The van der Waals surface area contributed by atoms with Crippen LogP contribution in [0.3, 0.4) is 0 Å². The lowest BCUT2D eigenvalue weighted by Crippen LogP contribution is -2.59. The van der Waals surface area contributed by atoms with Crippen molar-refractivity contribution in [3.05, 3.63) is 0 Å². The third-order valence-electron chi connectivity index (χ3n) is 5.21. The van der Waals surface area contributed by atoms with Gasteiger partial charge in [-0.15, -0.1) is 0 Å². The molecule has 2 aliphatic rings. The van der Waals surface area contributed by atoms with Crippen molar-refractivity contribution < 1.29 is 0 Å². The summed E-state index contributed by atoms with van der Waals surface area (Å²) in [6.45, 7) is 13.9. The molecule has 0 bridgehead atoms. The molecule has 0 heterocycles. The highest BCUT2D eigenvalue weighted by Crippen LogP contribution is 2.50. The van der Waals surface area contributed by atoms with Crippen LogP contribution in [0, 0.1) is 22.7 Å². The summed E-state index contributed by atoms with van der Waals surface area (Å²) in [6.07, 6.45) is 6.63. The van der Waals surface area contributed by atoms with E-state index in [1.165, 1.54) is 32.1 Å². The number of nitrogens with two attached hydrogens (primary N) is 1. The molecule has 0 spiro atoms. The smallest absolute Gasteiger partial charge is 0.0314 e. The predicted molar refractivity (Wildman–Crippen MR) is 83.1 cm³/mol. The first-order valence-corrected chi connectivity index (χ1v) is 8.12. The van der Waals surface area contributed by atoms with Crippen LogP contribution in [0.1, 0.15) is 66.7 Å². The van der Waals surface area contributed by atoms with Crippen LogP contribution in [0.25, 0.3) is 0 Å². The predicted octanol–water partition coefficient (Wildman–Crippen LogP) is 3.56. The molecule has 0 saturated heterocycles. The summed E-state index contributed by atoms with van der Waals surface area (Å²) in [5.41, 5.74) is 7.16. The largest absolute Gasteiger partial charge is 0.329 e. The van der Waals surface area contributed by atoms with Crippen molar-refractivity contribution in [1.29, 1.82) is 0 Å². The van der Waals surface area contributed by atoms with Crippen LogP contribution in [-0.4, -0.2) is 18.6 Å². The fraction of sp³-hybridized carbons (Fsp3) is 1.00. The first-order valence-electron chi connectivity index (χ1n) is 8.12. The van der Waals surface area contributed by atoms with Gasteiger partial charge >= 0.3 is 0 Å². The van der Waals surface area contributed by atoms with Crippen LogP contribution in [0.4, 0.5) is 0 Å². The van der Waals surface area contributed by atoms with Gasteiger partial charge in [0.05, 0.1) is 0 Å². The van der Waals surface area contributed by atoms with Gasteiger partial charge in [-0.3, -0.25) is 0 Å². The van der Waals surface area contributed by atoms with Gasteiger partial charge in [0.15, 0.2) is 0 Å². The number of rotatable bonds is 5. The van der Waals surface area contributed by atoms with Crippen LogP contribution in [0.5, 0.6) is 0 Å². The lowest BCUT2D eigenvalue weighted by Gasteiger charge is -2.52. The third kappa shape index (κ3) is 3.95. The molecule has 0 aromatic rings. The lowest BCUT2D eigenvalue weighted by atomic mass is 9.58. The maximum absolute atomic E-state index is 6.20. The molecule has 2 rings (SSSR count). The average molecular weight is 266 g/mol. The standard InChI is InChI=1S/C17H34N2/c1-13(14-6-7-14)8-19-17(12-18)10-15(2,3)9-16(4,5)11-17/h13-14,19H,6-12,18H2,1-5H3. The molecule has 2 heteroatoms. The Morgan fingerprint density at radius 2 is 1.58 bits per heavy atom. The molecule has 1 atom stereocenters. The van der Waals surface area contributed by atoms with Crippen LogP contribution in [-0.2, 0) is 0 Å². The Bertz CT molecular complexity index is 299. The zero-order valence-electron chi connectivity index (χ0n) is 13.7. The molecule has 2 fully saturated rings. The quantitative estimate of drug-likeness (QED) is 0.798. The van der Waals surface area contributed by atoms with Gasteiger partial charge in [-0.05, 0) is 61.3 Å². The van der Waals surface area contributed by atoms with E-state index in [-0.39, 0.29) is 5.54 Å². The summed E-state index contributed by atoms with van der Waals surface area (Å²) in [6, 6.07) is 0. The Kier molecular flexibility index (Phi) is 4.06. The zero-order valence-corrected chi connectivity index (χ0v) is 13.7. The molecule has 0 aromatic heterocycles. The van der Waals surface area contributed by atoms with Gasteiger partial charge in [0.1, 0.15) is 0 Å². The summed E-state index contributed by atoms with van der Waals surface area (Å²) >= 11 is 0. The second kappa shape index (κ2) is 5.04. The topological polar surface area (TPSA) is 38.0 Å². The van der Waals surface area contributed by atoms with Crippen LogP contribution < -0.4 is 11.1 Å². The molecule has 0 amide bonds. The third-order valence-corrected chi connectivity index (χ3v) is 5.21. The van der Waals surface area contributed by atoms with Gasteiger partial charge in [-0.1, -0.05) is 34.6 Å². The molecule has 3 N–H and O–H groups in total. The van der Waals surface area contributed by atoms with Gasteiger partial charge in [0.25, 0.3) is 0 Å². The highest BCUT2D eigenvalue weighted by Gasteiger charge is 2.46. The number of hydrogen-bond donors (Lipinski definition) is 2. The fourth-order valence-corrected chi connectivity index (χ4v) is 4.87. The first-order chi connectivity index (χ1) is 8.67. The van der Waals surface area contributed by atoms with E-state index in [0.29, 0.717) is 10.8 Å². The van der Waals surface area contributed by atoms with Crippen LogP contribution in [0.15, 0.2) is 0 Å². The van der Waals surface area contributed by atoms with E-state index in [1.807, 2.05) is 0 Å². The Labute approximate surface area is 119 Å². The second-order valence-electron chi connectivity index (χ2n) is 9.04. The lowest BCUT2D eigenvalue weighted by molar-refractivity contribution is 0.0303. The van der Waals surface area contributed by atoms with E-state index >= 15 is 0 Å². The molecule has 2 nitrogen and oxygen atoms in total. The number of nitrogens with one attached hydrogen (secondary N) is 1. The summed E-state index contributed by atoms with van der Waals surface area (Å²) < 4.78 is 0. The van der Waals surface area contributed by atoms with E-state index in [9.17, 15) is 0 Å². The SMILES string of the molecule is CC(CNC1(CN)CC(C)(C)CC(C)(C)C1)C1CC1. The first kappa shape index (κ1) is 15.3. The zero-order chi connectivity index (χ0) is 14.3. The fourth-order valence-electron chi connectivity index (χ4n) is 4.87. The molecule has 2 saturated carbocycles. The summed E-state index contributed by atoms with van der Waals surface area (Å²) in [4.78, 5) is 0. The van der Waals surface area contributed by atoms with Gasteiger partial charge < -0.3 is 11.1 Å². The maximum atomic E-state index is 6.20. The molecule has 2 aliphatic carbocycles. The average Bonchev–Trinajstić information content (AvgIpc) is 3.05. The van der Waals surface area contributed by atoms with Crippen molar-refractivity contribution in [3.8, 4) is 0 Å². The van der Waals surface area contributed by atoms with Crippen molar-refractivity contribution in [1.82, 2.24) is 5.32 Å². The van der Waals surface area contributed by atoms with Gasteiger partial charge in [0, 0.05) is 12.1 Å². The summed E-state index contributed by atoms with van der Waals surface area (Å²) in [5.74, 6) is 1.79. The number of hydrogen-bond acceptors (Lipinski definition) is 2. The van der Waals surface area contributed by atoms with E-state index in [2.05, 4.69) is 39.9 Å². The minimum atomic E-state index is 0.161. The molecule has 0 radical (unpaired) electrons. The van der Waals surface area contributed by atoms with Crippen molar-refractivity contribution in [2.24, 2.45) is 28.4 Å². The van der Waals surface area contributed by atoms with Crippen molar-refractivity contribution in [2.75, 3.05) is 13.1 Å². The summed E-state index contributed by atoms with van der Waals surface area (Å²) in [7, 11) is 0. The molecular weight excluding hydrogens is 232 g/mol. The molecule has 1 unspecified atom stereocenters. The monoisotopic (exact) mass is 266 g/mol. The highest BCUT2D eigenvalue weighted by molar-refractivity contribution is 5.03. The minimum Gasteiger partial charge on any atom is -0.329 e. The van der Waals surface area contributed by atoms with Crippen LogP contribution >= 0.6 is 0 Å². The molecule has 0 aromatic carbocycles. The Morgan fingerprint density at radius 3 is 2.00 bits per heavy atom. The van der Waals surface area contributed by atoms with Gasteiger partial charge in [-0.2, -0.15) is 0 Å². The summed E-state index contributed by atoms with van der Waals surface area (Å²) in [5, 5.41) is 3.89. The Morgan fingerprint density at radius 1 is 1.05 bits per heavy atom. The normalized spacial score (nSPS) is 30.0. The highest BCUT2D eigenvalue weighted by atomic mass is 15.0. The van der Waals surface area contributed by atoms with E-state index < -0.39 is 0 Å². The van der Waals surface area contributed by atoms with Crippen LogP contribution in [0.2, 0.25) is 0 Å². The van der Waals surface area contributed by atoms with Gasteiger partial charge in [0.2, 0.25) is 0 Å². The Hall–Kier alpha value is -0.0800. The second-order valence-corrected chi connectivity index (χ2v) is 9.04. The molecule has 112 valence electrons.